The number of hydrogen-bond donors (Lipinski definition) is 2. The van der Waals surface area contributed by atoms with Crippen molar-refractivity contribution >= 4 is 19.7 Å². The minimum Gasteiger partial charge on any atom is -0.456 e. The van der Waals surface area contributed by atoms with Crippen LogP contribution in [0.5, 0.6) is 0 Å². The van der Waals surface area contributed by atoms with E-state index in [1.54, 1.807) is 6.08 Å². The van der Waals surface area contributed by atoms with Gasteiger partial charge in [-0.3, -0.25) is 18.6 Å². The Morgan fingerprint density at radius 3 is 1.35 bits per heavy atom. The number of nitrogens with zero attached hydrogens (tertiary/aromatic N) is 1. The molecule has 71 heavy (non-hydrogen) atoms. The Morgan fingerprint density at radius 1 is 0.507 bits per heavy atom. The number of carbonyl (C=O) groups is 2. The second-order valence-electron chi connectivity index (χ2n) is 19.7. The Labute approximate surface area is 436 Å². The Hall–Kier alpha value is -3.33. The maximum atomic E-state index is 13.5. The van der Waals surface area contributed by atoms with Crippen LogP contribution in [-0.4, -0.2) is 74.3 Å². The Bertz CT molecular complexity index is 1580. The number of hydrogen-bond acceptors (Lipinski definition) is 6. The summed E-state index contributed by atoms with van der Waals surface area (Å²) in [6.45, 7) is 6.77. The van der Waals surface area contributed by atoms with Gasteiger partial charge >= 0.3 is 13.8 Å². The van der Waals surface area contributed by atoms with E-state index in [-0.39, 0.29) is 32.0 Å². The Kier molecular flexibility index (Phi) is 47.9. The Morgan fingerprint density at radius 2 is 0.901 bits per heavy atom. The maximum Gasteiger partial charge on any atom is 0.472 e. The van der Waals surface area contributed by atoms with Crippen molar-refractivity contribution in [2.45, 2.75) is 226 Å². The molecule has 0 rings (SSSR count). The molecular formula is C61H106N2O7P+. The molecule has 0 aromatic rings. The first-order valence-corrected chi connectivity index (χ1v) is 29.7. The fourth-order valence-corrected chi connectivity index (χ4v) is 8.10. The molecule has 0 spiro atoms. The van der Waals surface area contributed by atoms with Crippen molar-refractivity contribution < 1.29 is 37.3 Å². The lowest BCUT2D eigenvalue weighted by atomic mass is 10.0. The maximum absolute atomic E-state index is 13.5. The summed E-state index contributed by atoms with van der Waals surface area (Å²) in [6, 6.07) is -0.917. The monoisotopic (exact) mass is 1010 g/mol. The molecule has 1 amide bonds. The molecule has 0 fully saturated rings. The lowest BCUT2D eigenvalue weighted by molar-refractivity contribution is -0.870. The molecule has 0 aliphatic heterocycles. The van der Waals surface area contributed by atoms with Crippen LogP contribution in [0.15, 0.2) is 109 Å². The van der Waals surface area contributed by atoms with Crippen LogP contribution >= 0.6 is 7.82 Å². The SMILES string of the molecule is CC/C=C\C/C=C\C/C=C\C/C=C\C/C=C\C/C=C\CCC(=O)NC(COP(=O)(O)OCC[N+](C)(C)C)C(/C=C\CCCCCCCCCCCCC)OC(=O)CC/C=C/C/C=C\CCCCCCCC. The van der Waals surface area contributed by atoms with Crippen molar-refractivity contribution in [1.82, 2.24) is 5.32 Å². The molecule has 0 heterocycles. The van der Waals surface area contributed by atoms with Gasteiger partial charge < -0.3 is 19.4 Å². The lowest BCUT2D eigenvalue weighted by Crippen LogP contribution is -2.47. The second kappa shape index (κ2) is 50.2. The van der Waals surface area contributed by atoms with E-state index in [9.17, 15) is 19.0 Å². The number of amides is 1. The molecule has 0 aromatic heterocycles. The fraction of sp³-hybridized carbons (Fsp3) is 0.672. The molecule has 0 bridgehead atoms. The van der Waals surface area contributed by atoms with Gasteiger partial charge in [-0.15, -0.1) is 0 Å². The third-order valence-corrected chi connectivity index (χ3v) is 12.7. The van der Waals surface area contributed by atoms with Gasteiger partial charge in [-0.1, -0.05) is 220 Å². The number of esters is 1. The molecule has 0 saturated carbocycles. The van der Waals surface area contributed by atoms with Crippen LogP contribution in [-0.2, 0) is 27.9 Å². The van der Waals surface area contributed by atoms with Crippen molar-refractivity contribution in [3.05, 3.63) is 109 Å². The number of unbranched alkanes of at least 4 members (excludes halogenated alkanes) is 17. The van der Waals surface area contributed by atoms with Gasteiger partial charge in [0, 0.05) is 12.8 Å². The van der Waals surface area contributed by atoms with E-state index in [1.165, 1.54) is 96.3 Å². The van der Waals surface area contributed by atoms with Crippen LogP contribution in [0.1, 0.15) is 213 Å². The number of carbonyl (C=O) groups excluding carboxylic acids is 2. The molecule has 10 heteroatoms. The van der Waals surface area contributed by atoms with Crippen LogP contribution in [0.4, 0.5) is 0 Å². The third-order valence-electron chi connectivity index (χ3n) is 11.7. The quantitative estimate of drug-likeness (QED) is 0.0205. The van der Waals surface area contributed by atoms with E-state index in [0.717, 1.165) is 70.6 Å². The van der Waals surface area contributed by atoms with E-state index in [4.69, 9.17) is 13.8 Å². The molecule has 3 atom stereocenters. The normalized spacial score (nSPS) is 14.6. The summed E-state index contributed by atoms with van der Waals surface area (Å²) in [7, 11) is 1.41. The number of ether oxygens (including phenoxy) is 1. The number of phosphoric ester groups is 1. The van der Waals surface area contributed by atoms with E-state index in [2.05, 4.69) is 105 Å². The first kappa shape index (κ1) is 67.7. The number of quaternary nitrogens is 1. The van der Waals surface area contributed by atoms with E-state index >= 15 is 0 Å². The first-order chi connectivity index (χ1) is 34.4. The van der Waals surface area contributed by atoms with Gasteiger partial charge in [-0.25, -0.2) is 4.57 Å². The average molecular weight is 1010 g/mol. The molecule has 3 unspecified atom stereocenters. The summed E-state index contributed by atoms with van der Waals surface area (Å²) in [5.41, 5.74) is 0. The minimum atomic E-state index is -4.48. The lowest BCUT2D eigenvalue weighted by Gasteiger charge is -2.27. The number of likely N-dealkylation sites (N-methyl/N-ethyl adjacent to an activating group) is 1. The Balaban J connectivity index is 5.57. The molecule has 0 saturated heterocycles. The number of nitrogens with one attached hydrogen (secondary N) is 1. The molecule has 0 radical (unpaired) electrons. The molecule has 0 aliphatic carbocycles. The van der Waals surface area contributed by atoms with Gasteiger partial charge in [-0.2, -0.15) is 0 Å². The topological polar surface area (TPSA) is 111 Å². The molecule has 0 aromatic carbocycles. The van der Waals surface area contributed by atoms with Crippen molar-refractivity contribution in [3.8, 4) is 0 Å². The van der Waals surface area contributed by atoms with Crippen LogP contribution in [0.25, 0.3) is 0 Å². The van der Waals surface area contributed by atoms with Crippen molar-refractivity contribution in [1.29, 1.82) is 0 Å². The number of phosphoric acid groups is 1. The molecule has 9 nitrogen and oxygen atoms in total. The van der Waals surface area contributed by atoms with Crippen LogP contribution in [0.2, 0.25) is 0 Å². The zero-order valence-corrected chi connectivity index (χ0v) is 47.1. The van der Waals surface area contributed by atoms with Gasteiger partial charge in [0.1, 0.15) is 19.3 Å². The average Bonchev–Trinajstić information content (AvgIpc) is 3.33. The van der Waals surface area contributed by atoms with Crippen LogP contribution < -0.4 is 5.32 Å². The van der Waals surface area contributed by atoms with Crippen LogP contribution in [0, 0.1) is 0 Å². The highest BCUT2D eigenvalue weighted by Crippen LogP contribution is 2.43. The van der Waals surface area contributed by atoms with E-state index < -0.39 is 25.9 Å². The van der Waals surface area contributed by atoms with Crippen LogP contribution in [0.3, 0.4) is 0 Å². The second-order valence-corrected chi connectivity index (χ2v) is 21.2. The summed E-state index contributed by atoms with van der Waals surface area (Å²) < 4.78 is 30.5. The first-order valence-electron chi connectivity index (χ1n) is 28.2. The zero-order chi connectivity index (χ0) is 52.2. The highest BCUT2D eigenvalue weighted by molar-refractivity contribution is 7.47. The van der Waals surface area contributed by atoms with E-state index in [1.807, 2.05) is 45.4 Å². The van der Waals surface area contributed by atoms with Gasteiger partial charge in [0.05, 0.1) is 33.8 Å². The predicted molar refractivity (Wildman–Crippen MR) is 304 cm³/mol. The number of allylic oxidation sites excluding steroid dienone is 17. The highest BCUT2D eigenvalue weighted by atomic mass is 31.2. The van der Waals surface area contributed by atoms with Crippen molar-refractivity contribution in [2.75, 3.05) is 40.9 Å². The highest BCUT2D eigenvalue weighted by Gasteiger charge is 2.30. The summed E-state index contributed by atoms with van der Waals surface area (Å²) in [5.74, 6) is -0.689. The summed E-state index contributed by atoms with van der Waals surface area (Å²) >= 11 is 0. The van der Waals surface area contributed by atoms with Gasteiger partial charge in [0.15, 0.2) is 0 Å². The molecular weight excluding hydrogens is 904 g/mol. The van der Waals surface area contributed by atoms with Gasteiger partial charge in [-0.05, 0) is 89.5 Å². The fourth-order valence-electron chi connectivity index (χ4n) is 7.37. The third kappa shape index (κ3) is 51.4. The summed E-state index contributed by atoms with van der Waals surface area (Å²) in [5, 5.41) is 2.98. The smallest absolute Gasteiger partial charge is 0.456 e. The molecule has 406 valence electrons. The predicted octanol–water partition coefficient (Wildman–Crippen LogP) is 17.0. The van der Waals surface area contributed by atoms with Crippen molar-refractivity contribution in [3.63, 3.8) is 0 Å². The van der Waals surface area contributed by atoms with Gasteiger partial charge in [0.2, 0.25) is 5.91 Å². The van der Waals surface area contributed by atoms with E-state index in [0.29, 0.717) is 23.9 Å². The van der Waals surface area contributed by atoms with Crippen molar-refractivity contribution in [2.24, 2.45) is 0 Å². The standard InChI is InChI=1S/C61H105N2O7P/c1-7-10-13-16-19-22-25-28-29-30-31-32-33-36-38-41-44-47-50-53-60(64)62-58(57-69-71(66,67)68-56-55-63(4,5)6)59(52-49-46-43-40-37-34-26-23-20-17-14-11-8-2)70-61(65)54-51-48-45-42-39-35-27-24-21-18-15-12-9-3/h10,13,19,22,28-29,31-32,35-36,38-39,44-45,47-49,52,58-59H,7-9,11-12,14-18,20-21,23-27,30,33-34,37,40-43,46,50-51,53-57H2,1-6H3,(H-,62,64,66,67)/p+1/b13-10-,22-19-,29-28-,32-31-,38-36-,39-35-,47-44-,48-45+,52-49-. The molecule has 0 aliphatic rings. The summed E-state index contributed by atoms with van der Waals surface area (Å²) in [6.07, 6.45) is 68.3. The largest absolute Gasteiger partial charge is 0.472 e. The zero-order valence-electron chi connectivity index (χ0n) is 46.2. The summed E-state index contributed by atoms with van der Waals surface area (Å²) in [4.78, 5) is 37.5. The minimum absolute atomic E-state index is 0.0139. The molecule has 2 N–H and O–H groups in total. The number of rotatable bonds is 49. The van der Waals surface area contributed by atoms with Gasteiger partial charge in [0.25, 0.3) is 0 Å².